The molecule has 0 aliphatic heterocycles. The van der Waals surface area contributed by atoms with Gasteiger partial charge in [-0.3, -0.25) is 0 Å². The van der Waals surface area contributed by atoms with Crippen molar-refractivity contribution in [1.29, 1.82) is 0 Å². The summed E-state index contributed by atoms with van der Waals surface area (Å²) >= 11 is 0. The van der Waals surface area contributed by atoms with Crippen LogP contribution in [0.15, 0.2) is 12.1 Å². The lowest BCUT2D eigenvalue weighted by Crippen LogP contribution is -2.18. The van der Waals surface area contributed by atoms with Crippen LogP contribution in [0, 0.1) is 12.3 Å². The van der Waals surface area contributed by atoms with Gasteiger partial charge >= 0.3 is 5.97 Å². The normalized spacial score (nSPS) is 21.3. The van der Waals surface area contributed by atoms with E-state index < -0.39 is 5.97 Å². The average Bonchev–Trinajstić information content (AvgIpc) is 2.62. The molecule has 2 rings (SSSR count). The van der Waals surface area contributed by atoms with Crippen molar-refractivity contribution in [2.45, 2.75) is 46.1 Å². The molecule has 19 heavy (non-hydrogen) atoms. The molecule has 0 bridgehead atoms. The van der Waals surface area contributed by atoms with Gasteiger partial charge in [-0.1, -0.05) is 13.8 Å². The minimum atomic E-state index is -0.976. The third-order valence-electron chi connectivity index (χ3n) is 3.96. The first-order valence-corrected chi connectivity index (χ1v) is 6.68. The zero-order chi connectivity index (χ0) is 14.2. The molecule has 4 heteroatoms. The molecular formula is C15H22N2O2. The fraction of sp³-hybridized carbons (Fsp3) is 0.533. The van der Waals surface area contributed by atoms with Gasteiger partial charge in [0.25, 0.3) is 0 Å². The minimum absolute atomic E-state index is 0.180. The summed E-state index contributed by atoms with van der Waals surface area (Å²) in [6.45, 7) is 6.38. The molecule has 0 amide bonds. The second kappa shape index (κ2) is 4.76. The highest BCUT2D eigenvalue weighted by Crippen LogP contribution is 2.38. The number of benzene rings is 1. The Hall–Kier alpha value is -1.71. The van der Waals surface area contributed by atoms with Crippen LogP contribution in [0.25, 0.3) is 0 Å². The second-order valence-corrected chi connectivity index (χ2v) is 6.31. The summed E-state index contributed by atoms with van der Waals surface area (Å²) in [5.41, 5.74) is 8.36. The van der Waals surface area contributed by atoms with Crippen LogP contribution in [-0.4, -0.2) is 17.1 Å². The maximum atomic E-state index is 11.2. The predicted octanol–water partition coefficient (Wildman–Crippen LogP) is 3.27. The average molecular weight is 262 g/mol. The molecule has 1 aromatic carbocycles. The number of aryl methyl sites for hydroxylation is 1. The van der Waals surface area contributed by atoms with E-state index >= 15 is 0 Å². The van der Waals surface area contributed by atoms with E-state index in [-0.39, 0.29) is 5.56 Å². The van der Waals surface area contributed by atoms with Gasteiger partial charge in [-0.15, -0.1) is 0 Å². The van der Waals surface area contributed by atoms with Gasteiger partial charge in [0.1, 0.15) is 0 Å². The van der Waals surface area contributed by atoms with Crippen molar-refractivity contribution < 1.29 is 9.90 Å². The van der Waals surface area contributed by atoms with E-state index in [2.05, 4.69) is 19.2 Å². The number of hydrogen-bond donors (Lipinski definition) is 3. The maximum Gasteiger partial charge on any atom is 0.337 e. The lowest BCUT2D eigenvalue weighted by Gasteiger charge is -2.19. The first-order valence-electron chi connectivity index (χ1n) is 6.68. The number of rotatable bonds is 3. The Bertz CT molecular complexity index is 509. The van der Waals surface area contributed by atoms with Crippen molar-refractivity contribution in [2.24, 2.45) is 5.41 Å². The van der Waals surface area contributed by atoms with Crippen molar-refractivity contribution in [3.63, 3.8) is 0 Å². The monoisotopic (exact) mass is 262 g/mol. The van der Waals surface area contributed by atoms with Crippen LogP contribution in [0.5, 0.6) is 0 Å². The van der Waals surface area contributed by atoms with Crippen LogP contribution in [0.2, 0.25) is 0 Å². The minimum Gasteiger partial charge on any atom is -0.478 e. The number of hydrogen-bond acceptors (Lipinski definition) is 3. The van der Waals surface area contributed by atoms with Gasteiger partial charge in [0, 0.05) is 17.4 Å². The van der Waals surface area contributed by atoms with E-state index in [1.807, 2.05) is 13.0 Å². The number of nitrogens with one attached hydrogen (secondary N) is 1. The number of carbonyl (C=O) groups is 1. The number of nitrogens with two attached hydrogens (primary N) is 1. The molecule has 104 valence electrons. The molecule has 0 heterocycles. The zero-order valence-corrected chi connectivity index (χ0v) is 11.8. The summed E-state index contributed by atoms with van der Waals surface area (Å²) in [4.78, 5) is 11.2. The molecule has 0 spiro atoms. The Kier molecular flexibility index (Phi) is 3.43. The molecule has 0 saturated heterocycles. The van der Waals surface area contributed by atoms with E-state index in [1.165, 1.54) is 6.42 Å². The Morgan fingerprint density at radius 3 is 2.68 bits per heavy atom. The molecule has 1 unspecified atom stereocenters. The topological polar surface area (TPSA) is 75.3 Å². The van der Waals surface area contributed by atoms with Gasteiger partial charge in [0.2, 0.25) is 0 Å². The largest absolute Gasteiger partial charge is 0.478 e. The highest BCUT2D eigenvalue weighted by molar-refractivity contribution is 5.95. The lowest BCUT2D eigenvalue weighted by atomic mass is 9.92. The Morgan fingerprint density at radius 2 is 2.16 bits per heavy atom. The molecule has 1 fully saturated rings. The van der Waals surface area contributed by atoms with Gasteiger partial charge in [-0.2, -0.15) is 0 Å². The van der Waals surface area contributed by atoms with Crippen LogP contribution in [0.3, 0.4) is 0 Å². The second-order valence-electron chi connectivity index (χ2n) is 6.31. The smallest absolute Gasteiger partial charge is 0.337 e. The molecule has 1 saturated carbocycles. The summed E-state index contributed by atoms with van der Waals surface area (Å²) in [7, 11) is 0. The quantitative estimate of drug-likeness (QED) is 0.731. The van der Waals surface area contributed by atoms with Crippen molar-refractivity contribution in [1.82, 2.24) is 0 Å². The van der Waals surface area contributed by atoms with E-state index in [9.17, 15) is 4.79 Å². The van der Waals surface area contributed by atoms with Gasteiger partial charge in [-0.25, -0.2) is 4.79 Å². The Labute approximate surface area is 114 Å². The molecule has 4 nitrogen and oxygen atoms in total. The van der Waals surface area contributed by atoms with Crippen LogP contribution in [0.1, 0.15) is 49.0 Å². The third kappa shape index (κ3) is 3.00. The van der Waals surface area contributed by atoms with Crippen LogP contribution in [0.4, 0.5) is 11.4 Å². The Balaban J connectivity index is 2.20. The van der Waals surface area contributed by atoms with E-state index in [0.717, 1.165) is 24.1 Å². The van der Waals surface area contributed by atoms with Gasteiger partial charge in [0.15, 0.2) is 0 Å². The molecule has 1 aromatic rings. The third-order valence-corrected chi connectivity index (χ3v) is 3.96. The number of nitrogen functional groups attached to an aromatic ring is 1. The molecule has 1 aliphatic carbocycles. The standard InChI is InChI=1S/C15H22N2O2/c1-9-6-11(7-12(13(9)16)14(18)19)17-10-4-5-15(2,3)8-10/h6-7,10,17H,4-5,8,16H2,1-3H3,(H,18,19). The molecular weight excluding hydrogens is 240 g/mol. The summed E-state index contributed by atoms with van der Waals surface area (Å²) < 4.78 is 0. The highest BCUT2D eigenvalue weighted by Gasteiger charge is 2.30. The molecule has 1 aliphatic rings. The lowest BCUT2D eigenvalue weighted by molar-refractivity contribution is 0.0698. The van der Waals surface area contributed by atoms with Gasteiger partial charge < -0.3 is 16.2 Å². The van der Waals surface area contributed by atoms with Gasteiger partial charge in [-0.05, 0) is 49.3 Å². The summed E-state index contributed by atoms with van der Waals surface area (Å²) in [6, 6.07) is 3.97. The van der Waals surface area contributed by atoms with Crippen LogP contribution < -0.4 is 11.1 Å². The SMILES string of the molecule is Cc1cc(NC2CCC(C)(C)C2)cc(C(=O)O)c1N. The first kappa shape index (κ1) is 13.7. The van der Waals surface area contributed by atoms with E-state index in [1.54, 1.807) is 6.07 Å². The van der Waals surface area contributed by atoms with E-state index in [4.69, 9.17) is 10.8 Å². The van der Waals surface area contributed by atoms with Crippen molar-refractivity contribution in [3.8, 4) is 0 Å². The van der Waals surface area contributed by atoms with Crippen molar-refractivity contribution >= 4 is 17.3 Å². The fourth-order valence-electron chi connectivity index (χ4n) is 2.85. The molecule has 4 N–H and O–H groups in total. The summed E-state index contributed by atoms with van der Waals surface area (Å²) in [5.74, 6) is -0.976. The zero-order valence-electron chi connectivity index (χ0n) is 11.8. The van der Waals surface area contributed by atoms with Gasteiger partial charge in [0.05, 0.1) is 5.56 Å². The predicted molar refractivity (Wildman–Crippen MR) is 77.6 cm³/mol. The van der Waals surface area contributed by atoms with Crippen molar-refractivity contribution in [2.75, 3.05) is 11.1 Å². The highest BCUT2D eigenvalue weighted by atomic mass is 16.4. The first-order chi connectivity index (χ1) is 8.78. The molecule has 1 atom stereocenters. The summed E-state index contributed by atoms with van der Waals surface area (Å²) in [5, 5.41) is 12.6. The van der Waals surface area contributed by atoms with Crippen LogP contribution in [-0.2, 0) is 0 Å². The van der Waals surface area contributed by atoms with Crippen molar-refractivity contribution in [3.05, 3.63) is 23.3 Å². The molecule has 0 radical (unpaired) electrons. The van der Waals surface area contributed by atoms with Crippen LogP contribution >= 0.6 is 0 Å². The summed E-state index contributed by atoms with van der Waals surface area (Å²) in [6.07, 6.45) is 3.43. The maximum absolute atomic E-state index is 11.2. The number of aromatic carboxylic acids is 1. The number of carboxylic acids is 1. The fourth-order valence-corrected chi connectivity index (χ4v) is 2.85. The number of carboxylic acid groups (broad SMARTS) is 1. The number of anilines is 2. The molecule has 0 aromatic heterocycles. The Morgan fingerprint density at radius 1 is 1.47 bits per heavy atom. The van der Waals surface area contributed by atoms with E-state index in [0.29, 0.717) is 17.1 Å².